The molecule has 0 bridgehead atoms. The highest BCUT2D eigenvalue weighted by Crippen LogP contribution is 2.33. The number of likely N-dealkylation sites (tertiary alicyclic amines) is 1. The number of nitrogens with zero attached hydrogens (tertiary/aromatic N) is 5. The summed E-state index contributed by atoms with van der Waals surface area (Å²) in [5, 5.41) is 9.70. The molecule has 1 unspecified atom stereocenters. The van der Waals surface area contributed by atoms with E-state index >= 15 is 0 Å². The molecule has 2 aromatic heterocycles. The maximum absolute atomic E-state index is 12.5. The van der Waals surface area contributed by atoms with Crippen molar-refractivity contribution in [1.82, 2.24) is 19.4 Å². The smallest absolute Gasteiger partial charge is 0.248 e. The van der Waals surface area contributed by atoms with E-state index < -0.39 is 5.41 Å². The standard InChI is InChI=1S/C19H23N5O2/c1-15(18-22-9-12-23(18)2)26-13-17(25)24-10-6-19(14-20,7-11-24)16-5-3-4-8-21-16/h3-5,8-9,12,15H,6-7,10-11,13H2,1-2H3. The number of amides is 1. The molecule has 0 N–H and O–H groups in total. The van der Waals surface area contributed by atoms with Crippen molar-refractivity contribution < 1.29 is 9.53 Å². The number of pyridine rings is 1. The summed E-state index contributed by atoms with van der Waals surface area (Å²) in [5.74, 6) is 0.730. The molecule has 0 radical (unpaired) electrons. The molecule has 1 aliphatic heterocycles. The second-order valence-electron chi connectivity index (χ2n) is 6.64. The van der Waals surface area contributed by atoms with E-state index in [1.54, 1.807) is 17.3 Å². The lowest BCUT2D eigenvalue weighted by atomic mass is 9.76. The molecule has 7 nitrogen and oxygen atoms in total. The second kappa shape index (κ2) is 7.67. The Morgan fingerprint density at radius 3 is 2.69 bits per heavy atom. The van der Waals surface area contributed by atoms with Crippen molar-refractivity contribution in [2.45, 2.75) is 31.3 Å². The van der Waals surface area contributed by atoms with Crippen LogP contribution in [0.15, 0.2) is 36.8 Å². The third-order valence-corrected chi connectivity index (χ3v) is 5.02. The number of aromatic nitrogens is 3. The number of hydrogen-bond acceptors (Lipinski definition) is 5. The third kappa shape index (κ3) is 3.60. The number of carbonyl (C=O) groups is 1. The summed E-state index contributed by atoms with van der Waals surface area (Å²) < 4.78 is 7.57. The highest BCUT2D eigenvalue weighted by Gasteiger charge is 2.38. The Kier molecular flexibility index (Phi) is 5.33. The van der Waals surface area contributed by atoms with Gasteiger partial charge in [0, 0.05) is 38.7 Å². The van der Waals surface area contributed by atoms with Crippen LogP contribution in [0.3, 0.4) is 0 Å². The SMILES string of the molecule is CC(OCC(=O)N1CCC(C#N)(c2ccccn2)CC1)c1nccn1C. The Hall–Kier alpha value is -2.72. The number of rotatable bonds is 5. The van der Waals surface area contributed by atoms with Crippen molar-refractivity contribution in [3.05, 3.63) is 48.3 Å². The van der Waals surface area contributed by atoms with Crippen LogP contribution in [0, 0.1) is 11.3 Å². The lowest BCUT2D eigenvalue weighted by Gasteiger charge is -2.37. The zero-order chi connectivity index (χ0) is 18.6. The van der Waals surface area contributed by atoms with Crippen molar-refractivity contribution in [1.29, 1.82) is 5.26 Å². The second-order valence-corrected chi connectivity index (χ2v) is 6.64. The summed E-state index contributed by atoms with van der Waals surface area (Å²) in [6.45, 7) is 2.96. The molecule has 0 aromatic carbocycles. The van der Waals surface area contributed by atoms with Gasteiger partial charge < -0.3 is 14.2 Å². The topological polar surface area (TPSA) is 84.0 Å². The average molecular weight is 353 g/mol. The van der Waals surface area contributed by atoms with E-state index in [0.29, 0.717) is 25.9 Å². The number of ether oxygens (including phenoxy) is 1. The van der Waals surface area contributed by atoms with Crippen molar-refractivity contribution in [2.75, 3.05) is 19.7 Å². The summed E-state index contributed by atoms with van der Waals surface area (Å²) in [6.07, 6.45) is 6.18. The highest BCUT2D eigenvalue weighted by molar-refractivity contribution is 5.77. The molecular weight excluding hydrogens is 330 g/mol. The minimum Gasteiger partial charge on any atom is -0.361 e. The van der Waals surface area contributed by atoms with Crippen LogP contribution in [0.25, 0.3) is 0 Å². The van der Waals surface area contributed by atoms with Crippen LogP contribution in [-0.2, 0) is 22.0 Å². The number of nitriles is 1. The molecule has 7 heteroatoms. The van der Waals surface area contributed by atoms with Gasteiger partial charge in [0.25, 0.3) is 0 Å². The minimum atomic E-state index is -0.612. The van der Waals surface area contributed by atoms with Gasteiger partial charge in [-0.2, -0.15) is 5.26 Å². The van der Waals surface area contributed by atoms with Gasteiger partial charge in [0.2, 0.25) is 5.91 Å². The van der Waals surface area contributed by atoms with E-state index in [0.717, 1.165) is 11.5 Å². The molecule has 0 saturated carbocycles. The van der Waals surface area contributed by atoms with Gasteiger partial charge in [-0.25, -0.2) is 4.98 Å². The van der Waals surface area contributed by atoms with Gasteiger partial charge in [0.05, 0.1) is 11.8 Å². The van der Waals surface area contributed by atoms with Crippen LogP contribution in [0.4, 0.5) is 0 Å². The average Bonchev–Trinajstić information content (AvgIpc) is 3.12. The number of hydrogen-bond donors (Lipinski definition) is 0. The minimum absolute atomic E-state index is 0.0111. The number of imidazole rings is 1. The Morgan fingerprint density at radius 1 is 1.35 bits per heavy atom. The predicted octanol–water partition coefficient (Wildman–Crippen LogP) is 1.98. The molecule has 3 rings (SSSR count). The Labute approximate surface area is 153 Å². The van der Waals surface area contributed by atoms with E-state index in [2.05, 4.69) is 16.0 Å². The fourth-order valence-electron chi connectivity index (χ4n) is 3.34. The number of carbonyl (C=O) groups excluding carboxylic acids is 1. The summed E-state index contributed by atoms with van der Waals surface area (Å²) in [6, 6.07) is 8.05. The molecule has 0 spiro atoms. The molecule has 136 valence electrons. The molecular formula is C19H23N5O2. The van der Waals surface area contributed by atoms with Gasteiger partial charge >= 0.3 is 0 Å². The van der Waals surface area contributed by atoms with Crippen LogP contribution in [0.2, 0.25) is 0 Å². The zero-order valence-electron chi connectivity index (χ0n) is 15.1. The fraction of sp³-hybridized carbons (Fsp3) is 0.474. The van der Waals surface area contributed by atoms with E-state index in [-0.39, 0.29) is 18.6 Å². The lowest BCUT2D eigenvalue weighted by molar-refractivity contribution is -0.139. The van der Waals surface area contributed by atoms with E-state index in [1.807, 2.05) is 42.9 Å². The normalized spacial score (nSPS) is 17.5. The van der Waals surface area contributed by atoms with E-state index in [1.165, 1.54) is 0 Å². The summed E-state index contributed by atoms with van der Waals surface area (Å²) >= 11 is 0. The maximum atomic E-state index is 12.5. The predicted molar refractivity (Wildman–Crippen MR) is 94.9 cm³/mol. The van der Waals surface area contributed by atoms with Crippen LogP contribution in [-0.4, -0.2) is 45.0 Å². The fourth-order valence-corrected chi connectivity index (χ4v) is 3.34. The third-order valence-electron chi connectivity index (χ3n) is 5.02. The Balaban J connectivity index is 1.55. The maximum Gasteiger partial charge on any atom is 0.248 e. The van der Waals surface area contributed by atoms with Crippen LogP contribution < -0.4 is 0 Å². The monoisotopic (exact) mass is 353 g/mol. The first kappa shape index (κ1) is 18.1. The van der Waals surface area contributed by atoms with Gasteiger partial charge in [0.15, 0.2) is 0 Å². The van der Waals surface area contributed by atoms with Crippen molar-refractivity contribution in [3.63, 3.8) is 0 Å². The van der Waals surface area contributed by atoms with Crippen LogP contribution >= 0.6 is 0 Å². The van der Waals surface area contributed by atoms with Gasteiger partial charge in [-0.15, -0.1) is 0 Å². The molecule has 0 aliphatic carbocycles. The first-order valence-electron chi connectivity index (χ1n) is 8.75. The molecule has 2 aromatic rings. The molecule has 1 fully saturated rings. The lowest BCUT2D eigenvalue weighted by Crippen LogP contribution is -2.46. The largest absolute Gasteiger partial charge is 0.361 e. The quantitative estimate of drug-likeness (QED) is 0.821. The zero-order valence-corrected chi connectivity index (χ0v) is 15.1. The Bertz CT molecular complexity index is 788. The van der Waals surface area contributed by atoms with Gasteiger partial charge in [-0.3, -0.25) is 9.78 Å². The molecule has 26 heavy (non-hydrogen) atoms. The molecule has 1 amide bonds. The molecule has 1 saturated heterocycles. The van der Waals surface area contributed by atoms with Crippen molar-refractivity contribution in [3.8, 4) is 6.07 Å². The summed E-state index contributed by atoms with van der Waals surface area (Å²) in [7, 11) is 1.90. The molecule has 1 aliphatic rings. The van der Waals surface area contributed by atoms with Crippen LogP contribution in [0.1, 0.15) is 37.4 Å². The Morgan fingerprint density at radius 2 is 2.12 bits per heavy atom. The van der Waals surface area contributed by atoms with Gasteiger partial charge in [-0.05, 0) is 31.9 Å². The number of aryl methyl sites for hydroxylation is 1. The van der Waals surface area contributed by atoms with Crippen LogP contribution in [0.5, 0.6) is 0 Å². The molecule has 1 atom stereocenters. The molecule has 3 heterocycles. The first-order valence-corrected chi connectivity index (χ1v) is 8.75. The summed E-state index contributed by atoms with van der Waals surface area (Å²) in [4.78, 5) is 22.8. The highest BCUT2D eigenvalue weighted by atomic mass is 16.5. The van der Waals surface area contributed by atoms with Crippen molar-refractivity contribution >= 4 is 5.91 Å². The van der Waals surface area contributed by atoms with E-state index in [9.17, 15) is 10.1 Å². The van der Waals surface area contributed by atoms with Gasteiger partial charge in [-0.1, -0.05) is 6.07 Å². The van der Waals surface area contributed by atoms with E-state index in [4.69, 9.17) is 4.74 Å². The van der Waals surface area contributed by atoms with Crippen molar-refractivity contribution in [2.24, 2.45) is 7.05 Å². The number of piperidine rings is 1. The van der Waals surface area contributed by atoms with Gasteiger partial charge in [0.1, 0.15) is 24.0 Å². The first-order chi connectivity index (χ1) is 12.6. The summed E-state index contributed by atoms with van der Waals surface area (Å²) in [5.41, 5.74) is 0.174.